The Morgan fingerprint density at radius 1 is 1.50 bits per heavy atom. The lowest BCUT2D eigenvalue weighted by Gasteiger charge is -2.18. The first-order chi connectivity index (χ1) is 9.45. The van der Waals surface area contributed by atoms with E-state index in [9.17, 15) is 9.59 Å². The van der Waals surface area contributed by atoms with Crippen LogP contribution in [0.2, 0.25) is 5.02 Å². The second-order valence-electron chi connectivity index (χ2n) is 4.28. The molecule has 1 rings (SSSR count). The summed E-state index contributed by atoms with van der Waals surface area (Å²) in [6, 6.07) is 3.87. The van der Waals surface area contributed by atoms with Gasteiger partial charge in [0.25, 0.3) is 0 Å². The molecule has 0 aliphatic rings. The molecule has 0 fully saturated rings. The number of anilines is 1. The third kappa shape index (κ3) is 4.59. The highest BCUT2D eigenvalue weighted by Gasteiger charge is 2.15. The van der Waals surface area contributed by atoms with Gasteiger partial charge in [-0.05, 0) is 31.0 Å². The summed E-state index contributed by atoms with van der Waals surface area (Å²) in [5.74, 6) is -1.12. The van der Waals surface area contributed by atoms with E-state index in [1.807, 2.05) is 0 Å². The van der Waals surface area contributed by atoms with Crippen LogP contribution < -0.4 is 5.32 Å². The van der Waals surface area contributed by atoms with E-state index in [0.29, 0.717) is 11.6 Å². The Labute approximate surface area is 122 Å². The average Bonchev–Trinajstić information content (AvgIpc) is 2.38. The first-order valence-electron chi connectivity index (χ1n) is 6.11. The molecule has 0 saturated heterocycles. The molecular weight excluding hydrogens is 280 g/mol. The van der Waals surface area contributed by atoms with Gasteiger partial charge in [0.05, 0.1) is 11.3 Å². The summed E-state index contributed by atoms with van der Waals surface area (Å²) >= 11 is 5.82. The predicted octanol–water partition coefficient (Wildman–Crippen LogP) is 3.47. The first kappa shape index (κ1) is 16.0. The maximum atomic E-state index is 11.9. The van der Waals surface area contributed by atoms with E-state index < -0.39 is 5.97 Å². The van der Waals surface area contributed by atoms with Crippen LogP contribution in [-0.4, -0.2) is 35.6 Å². The van der Waals surface area contributed by atoms with Gasteiger partial charge in [-0.25, -0.2) is 9.59 Å². The molecule has 0 aliphatic heterocycles. The van der Waals surface area contributed by atoms with Crippen molar-refractivity contribution >= 4 is 29.3 Å². The molecule has 0 saturated carbocycles. The van der Waals surface area contributed by atoms with E-state index in [4.69, 9.17) is 16.7 Å². The lowest BCUT2D eigenvalue weighted by Crippen LogP contribution is -2.32. The predicted molar refractivity (Wildman–Crippen MR) is 79.5 cm³/mol. The Hall–Kier alpha value is -2.01. The fourth-order valence-electron chi connectivity index (χ4n) is 1.59. The van der Waals surface area contributed by atoms with Gasteiger partial charge in [0.1, 0.15) is 0 Å². The Balaban J connectivity index is 2.76. The van der Waals surface area contributed by atoms with E-state index in [-0.39, 0.29) is 17.3 Å². The number of aromatic carboxylic acids is 1. The zero-order valence-corrected chi connectivity index (χ0v) is 12.0. The summed E-state index contributed by atoms with van der Waals surface area (Å²) in [7, 11) is 1.64. The summed E-state index contributed by atoms with van der Waals surface area (Å²) in [6.45, 7) is 4.17. The Morgan fingerprint density at radius 3 is 2.80 bits per heavy atom. The topological polar surface area (TPSA) is 69.6 Å². The SMILES string of the molecule is C=CCCCN(C)C(=O)Nc1cc(Cl)ccc1C(=O)O. The maximum Gasteiger partial charge on any atom is 0.337 e. The number of benzene rings is 1. The first-order valence-corrected chi connectivity index (χ1v) is 6.49. The number of nitrogens with zero attached hydrogens (tertiary/aromatic N) is 1. The number of hydrogen-bond donors (Lipinski definition) is 2. The van der Waals surface area contributed by atoms with Gasteiger partial charge < -0.3 is 15.3 Å². The minimum Gasteiger partial charge on any atom is -0.478 e. The monoisotopic (exact) mass is 296 g/mol. The average molecular weight is 297 g/mol. The summed E-state index contributed by atoms with van der Waals surface area (Å²) in [5.41, 5.74) is 0.188. The minimum absolute atomic E-state index is 0.00208. The van der Waals surface area contributed by atoms with Gasteiger partial charge in [0.2, 0.25) is 0 Å². The van der Waals surface area contributed by atoms with Crippen LogP contribution in [-0.2, 0) is 0 Å². The number of nitrogens with one attached hydrogen (secondary N) is 1. The van der Waals surface area contributed by atoms with Crippen LogP contribution in [0.15, 0.2) is 30.9 Å². The molecule has 5 nitrogen and oxygen atoms in total. The molecule has 6 heteroatoms. The lowest BCUT2D eigenvalue weighted by molar-refractivity contribution is 0.0698. The number of carbonyl (C=O) groups excluding carboxylic acids is 1. The third-order valence-electron chi connectivity index (χ3n) is 2.70. The zero-order chi connectivity index (χ0) is 15.1. The third-order valence-corrected chi connectivity index (χ3v) is 2.94. The van der Waals surface area contributed by atoms with Crippen molar-refractivity contribution in [3.63, 3.8) is 0 Å². The number of rotatable bonds is 6. The van der Waals surface area contributed by atoms with Gasteiger partial charge in [-0.2, -0.15) is 0 Å². The molecule has 0 heterocycles. The Kier molecular flexibility index (Phi) is 6.06. The van der Waals surface area contributed by atoms with Crippen LogP contribution in [0, 0.1) is 0 Å². The highest BCUT2D eigenvalue weighted by atomic mass is 35.5. The number of carbonyl (C=O) groups is 2. The second-order valence-corrected chi connectivity index (χ2v) is 4.71. The molecule has 0 unspecified atom stereocenters. The van der Waals surface area contributed by atoms with Crippen molar-refractivity contribution in [3.8, 4) is 0 Å². The molecule has 0 aromatic heterocycles. The van der Waals surface area contributed by atoms with Crippen molar-refractivity contribution in [1.82, 2.24) is 4.90 Å². The summed E-state index contributed by atoms with van der Waals surface area (Å²) in [6.07, 6.45) is 3.40. The lowest BCUT2D eigenvalue weighted by atomic mass is 10.2. The summed E-state index contributed by atoms with van der Waals surface area (Å²) < 4.78 is 0. The molecule has 1 aromatic carbocycles. The van der Waals surface area contributed by atoms with Crippen molar-refractivity contribution in [2.24, 2.45) is 0 Å². The molecule has 108 valence electrons. The second kappa shape index (κ2) is 7.55. The molecule has 2 N–H and O–H groups in total. The Morgan fingerprint density at radius 2 is 2.20 bits per heavy atom. The van der Waals surface area contributed by atoms with Gasteiger partial charge in [-0.1, -0.05) is 17.7 Å². The number of urea groups is 1. The number of hydrogen-bond acceptors (Lipinski definition) is 2. The van der Waals surface area contributed by atoms with Gasteiger partial charge in [-0.3, -0.25) is 0 Å². The van der Waals surface area contributed by atoms with Crippen LogP contribution >= 0.6 is 11.6 Å². The molecule has 0 bridgehead atoms. The Bertz CT molecular complexity index is 517. The molecule has 0 atom stereocenters. The molecule has 20 heavy (non-hydrogen) atoms. The van der Waals surface area contributed by atoms with E-state index in [1.54, 1.807) is 13.1 Å². The summed E-state index contributed by atoms with van der Waals surface area (Å²) in [5, 5.41) is 12.0. The molecule has 0 radical (unpaired) electrons. The maximum absolute atomic E-state index is 11.9. The van der Waals surface area contributed by atoms with E-state index in [0.717, 1.165) is 12.8 Å². The fraction of sp³-hybridized carbons (Fsp3) is 0.286. The van der Waals surface area contributed by atoms with Crippen molar-refractivity contribution in [2.75, 3.05) is 18.9 Å². The normalized spacial score (nSPS) is 9.90. The van der Waals surface area contributed by atoms with Gasteiger partial charge in [0, 0.05) is 18.6 Å². The van der Waals surface area contributed by atoms with Crippen molar-refractivity contribution in [2.45, 2.75) is 12.8 Å². The standard InChI is InChI=1S/C14H17ClN2O3/c1-3-4-5-8-17(2)14(20)16-12-9-10(15)6-7-11(12)13(18)19/h3,6-7,9H,1,4-5,8H2,2H3,(H,16,20)(H,18,19). The van der Waals surface area contributed by atoms with E-state index in [1.165, 1.54) is 23.1 Å². The van der Waals surface area contributed by atoms with Crippen molar-refractivity contribution in [1.29, 1.82) is 0 Å². The number of halogens is 1. The molecule has 0 spiro atoms. The van der Waals surface area contributed by atoms with Gasteiger partial charge in [-0.15, -0.1) is 6.58 Å². The fourth-order valence-corrected chi connectivity index (χ4v) is 1.76. The largest absolute Gasteiger partial charge is 0.478 e. The minimum atomic E-state index is -1.12. The van der Waals surface area contributed by atoms with Crippen LogP contribution in [0.4, 0.5) is 10.5 Å². The van der Waals surface area contributed by atoms with Crippen LogP contribution in [0.5, 0.6) is 0 Å². The number of allylic oxidation sites excluding steroid dienone is 1. The molecule has 0 aliphatic carbocycles. The van der Waals surface area contributed by atoms with Crippen LogP contribution in [0.3, 0.4) is 0 Å². The zero-order valence-electron chi connectivity index (χ0n) is 11.2. The van der Waals surface area contributed by atoms with Crippen molar-refractivity contribution in [3.05, 3.63) is 41.4 Å². The summed E-state index contributed by atoms with van der Waals surface area (Å²) in [4.78, 5) is 24.5. The quantitative estimate of drug-likeness (QED) is 0.624. The van der Waals surface area contributed by atoms with Crippen molar-refractivity contribution < 1.29 is 14.7 Å². The molecule has 1 aromatic rings. The number of amides is 2. The van der Waals surface area contributed by atoms with Gasteiger partial charge >= 0.3 is 12.0 Å². The highest BCUT2D eigenvalue weighted by molar-refractivity contribution is 6.31. The van der Waals surface area contributed by atoms with E-state index >= 15 is 0 Å². The van der Waals surface area contributed by atoms with Gasteiger partial charge in [0.15, 0.2) is 0 Å². The van der Waals surface area contributed by atoms with E-state index in [2.05, 4.69) is 11.9 Å². The number of unbranched alkanes of at least 4 members (excludes halogenated alkanes) is 1. The molecular formula is C14H17ClN2O3. The number of carboxylic acids is 1. The molecule has 2 amide bonds. The van der Waals surface area contributed by atoms with Crippen LogP contribution in [0.25, 0.3) is 0 Å². The highest BCUT2D eigenvalue weighted by Crippen LogP contribution is 2.21. The van der Waals surface area contributed by atoms with Crippen LogP contribution in [0.1, 0.15) is 23.2 Å². The smallest absolute Gasteiger partial charge is 0.337 e. The number of carboxylic acid groups (broad SMARTS) is 1.